The number of hydrogen-bond acceptors (Lipinski definition) is 4. The molecule has 6 heteroatoms. The molecular formula is C58H52N4OTe. The van der Waals surface area contributed by atoms with E-state index in [0.29, 0.717) is 6.67 Å². The molecule has 2 aliphatic heterocycles. The Labute approximate surface area is 387 Å². The van der Waals surface area contributed by atoms with Gasteiger partial charge in [-0.2, -0.15) is 0 Å². The Morgan fingerprint density at radius 1 is 0.531 bits per heavy atom. The Balaban J connectivity index is 1.03. The second kappa shape index (κ2) is 15.7. The molecule has 4 heterocycles. The molecule has 7 aromatic carbocycles. The van der Waals surface area contributed by atoms with Crippen LogP contribution in [0, 0.1) is 0 Å². The molecule has 0 amide bonds. The van der Waals surface area contributed by atoms with Crippen molar-refractivity contribution in [3.8, 4) is 39.6 Å². The second-order valence-electron chi connectivity index (χ2n) is 19.2. The van der Waals surface area contributed by atoms with Crippen molar-refractivity contribution >= 4 is 65.5 Å². The third-order valence-corrected chi connectivity index (χ3v) is 15.7. The van der Waals surface area contributed by atoms with E-state index in [1.807, 2.05) is 0 Å². The minimum absolute atomic E-state index is 0.0320. The number of fused-ring (bicyclic) bond motifs is 5. The van der Waals surface area contributed by atoms with Crippen molar-refractivity contribution in [1.82, 2.24) is 9.55 Å². The summed E-state index contributed by atoms with van der Waals surface area (Å²) in [7, 11) is 0. The molecule has 0 N–H and O–H groups in total. The molecule has 0 saturated carbocycles. The number of aromatic nitrogens is 2. The number of rotatable bonds is 7. The van der Waals surface area contributed by atoms with Crippen LogP contribution in [0.25, 0.3) is 49.9 Å². The van der Waals surface area contributed by atoms with Crippen molar-refractivity contribution in [2.75, 3.05) is 16.5 Å². The summed E-state index contributed by atoms with van der Waals surface area (Å²) in [6.07, 6.45) is 0. The average molecular weight is 949 g/mol. The summed E-state index contributed by atoms with van der Waals surface area (Å²) in [5, 5.41) is 2.41. The van der Waals surface area contributed by atoms with E-state index in [-0.39, 0.29) is 31.8 Å². The van der Waals surface area contributed by atoms with Crippen molar-refractivity contribution in [3.05, 3.63) is 192 Å². The van der Waals surface area contributed by atoms with Gasteiger partial charge in [-0.25, -0.2) is 0 Å². The predicted octanol–water partition coefficient (Wildman–Crippen LogP) is 14.9. The first-order valence-electron chi connectivity index (χ1n) is 22.4. The van der Waals surface area contributed by atoms with E-state index in [1.165, 1.54) is 71.3 Å². The summed E-state index contributed by atoms with van der Waals surface area (Å²) < 4.78 is 11.8. The zero-order valence-electron chi connectivity index (χ0n) is 37.4. The number of pyridine rings is 1. The molecule has 0 radical (unpaired) electrons. The normalized spacial score (nSPS) is 13.8. The number of anilines is 4. The Kier molecular flexibility index (Phi) is 9.95. The number of nitrogens with zero attached hydrogens (tertiary/aromatic N) is 4. The quantitative estimate of drug-likeness (QED) is 0.149. The molecule has 9 aromatic rings. The molecule has 64 heavy (non-hydrogen) atoms. The molecule has 0 aliphatic carbocycles. The van der Waals surface area contributed by atoms with E-state index in [2.05, 4.69) is 226 Å². The number of benzene rings is 7. The summed E-state index contributed by atoms with van der Waals surface area (Å²) in [6, 6.07) is 61.6. The van der Waals surface area contributed by atoms with Crippen molar-refractivity contribution in [1.29, 1.82) is 0 Å². The predicted molar refractivity (Wildman–Crippen MR) is 269 cm³/mol. The van der Waals surface area contributed by atoms with Gasteiger partial charge in [-0.3, -0.25) is 0 Å². The van der Waals surface area contributed by atoms with Gasteiger partial charge in [-0.05, 0) is 34.7 Å². The molecule has 0 unspecified atom stereocenters. The zero-order chi connectivity index (χ0) is 43.7. The van der Waals surface area contributed by atoms with Crippen LogP contribution in [0.3, 0.4) is 0 Å². The molecule has 2 aromatic heterocycles. The van der Waals surface area contributed by atoms with Gasteiger partial charge in [-0.15, -0.1) is 0 Å². The molecule has 5 nitrogen and oxygen atoms in total. The number of ether oxygens (including phenoxy) is 1. The van der Waals surface area contributed by atoms with E-state index >= 15 is 0 Å². The van der Waals surface area contributed by atoms with Crippen LogP contribution in [0.2, 0.25) is 0 Å². The molecule has 316 valence electrons. The van der Waals surface area contributed by atoms with Gasteiger partial charge in [0.1, 0.15) is 6.67 Å². The van der Waals surface area contributed by atoms with Crippen LogP contribution in [-0.2, 0) is 19.8 Å². The average Bonchev–Trinajstić information content (AvgIpc) is 4.03. The molecule has 2 aliphatic rings. The first-order valence-corrected chi connectivity index (χ1v) is 25.7. The zero-order valence-corrected chi connectivity index (χ0v) is 39.7. The Bertz CT molecular complexity index is 3170. The third-order valence-electron chi connectivity index (χ3n) is 12.9. The Morgan fingerprint density at radius 3 is 1.86 bits per heavy atom. The topological polar surface area (TPSA) is 33.5 Å². The van der Waals surface area contributed by atoms with Crippen LogP contribution in [0.4, 0.5) is 22.7 Å². The van der Waals surface area contributed by atoms with Gasteiger partial charge in [0.05, 0.1) is 17.1 Å². The summed E-state index contributed by atoms with van der Waals surface area (Å²) in [5.41, 5.74) is 17.0. The van der Waals surface area contributed by atoms with Gasteiger partial charge < -0.3 is 9.80 Å². The standard InChI is InChI=1S/C58H52N4OTe/c1-57(2,3)40-30-41(60-37-61(53-27-16-15-26-52(53)60)56-44(38-18-9-7-10-19-38)23-17-24-45(56)39-20-11-8-12-21-39)32-43(31-40)63-42-28-29-47-46-22-13-14-25-51(46)62(54(47)33-42)55-34-49(58(4,5)6)48-35-64-36-50(48)59-55/h7-34H,35-37H2,1-6H3. The van der Waals surface area contributed by atoms with Crippen LogP contribution in [0.1, 0.15) is 63.9 Å². The van der Waals surface area contributed by atoms with Crippen molar-refractivity contribution < 1.29 is 4.74 Å². The molecule has 0 fully saturated rings. The van der Waals surface area contributed by atoms with Gasteiger partial charge in [0.2, 0.25) is 0 Å². The SMILES string of the molecule is CC(C)(C)c1cc(Oc2ccc3c4ccccc4n(-c4cc(C(C)(C)C)c5c(n4)C[Te]C5)c3c2)cc(N2CN(c3c(-c4ccccc4)cccc3-c3ccccc3)c3ccccc32)c1. The van der Waals surface area contributed by atoms with Crippen molar-refractivity contribution in [2.24, 2.45) is 0 Å². The minimum atomic E-state index is -0.128. The van der Waals surface area contributed by atoms with E-state index in [1.54, 1.807) is 0 Å². The van der Waals surface area contributed by atoms with Crippen LogP contribution in [0.15, 0.2) is 170 Å². The van der Waals surface area contributed by atoms with Gasteiger partial charge in [0.15, 0.2) is 0 Å². The minimum Gasteiger partial charge on any atom is -0.321 e. The Morgan fingerprint density at radius 2 is 1.17 bits per heavy atom. The first-order chi connectivity index (χ1) is 31.0. The summed E-state index contributed by atoms with van der Waals surface area (Å²) >= 11 is -0.0892. The Hall–Kier alpha value is -6.32. The van der Waals surface area contributed by atoms with Gasteiger partial charge in [-0.1, -0.05) is 112 Å². The molecule has 0 atom stereocenters. The fraction of sp³-hybridized carbons (Fsp3) is 0.190. The van der Waals surface area contributed by atoms with E-state index in [0.717, 1.165) is 44.2 Å². The van der Waals surface area contributed by atoms with Gasteiger partial charge >= 0.3 is 198 Å². The first kappa shape index (κ1) is 40.5. The van der Waals surface area contributed by atoms with Crippen molar-refractivity contribution in [3.63, 3.8) is 0 Å². The fourth-order valence-corrected chi connectivity index (χ4v) is 12.7. The van der Waals surface area contributed by atoms with Crippen LogP contribution < -0.4 is 14.5 Å². The number of para-hydroxylation sites is 4. The fourth-order valence-electron chi connectivity index (χ4n) is 9.71. The smallest absolute Gasteiger partial charge is 0.321 e. The maximum absolute atomic E-state index is 7.05. The van der Waals surface area contributed by atoms with Gasteiger partial charge in [0, 0.05) is 11.1 Å². The van der Waals surface area contributed by atoms with Crippen LogP contribution in [0.5, 0.6) is 11.5 Å². The molecule has 0 spiro atoms. The maximum atomic E-state index is 7.05. The molecule has 0 bridgehead atoms. The molecular weight excluding hydrogens is 896 g/mol. The second-order valence-corrected chi connectivity index (χ2v) is 22.0. The van der Waals surface area contributed by atoms with Crippen molar-refractivity contribution in [2.45, 2.75) is 61.3 Å². The van der Waals surface area contributed by atoms with E-state index < -0.39 is 0 Å². The summed E-state index contributed by atoms with van der Waals surface area (Å²) in [6.45, 7) is 14.5. The van der Waals surface area contributed by atoms with Gasteiger partial charge in [0.25, 0.3) is 0 Å². The van der Waals surface area contributed by atoms with Crippen LogP contribution in [-0.4, -0.2) is 37.1 Å². The van der Waals surface area contributed by atoms with Crippen LogP contribution >= 0.6 is 0 Å². The monoisotopic (exact) mass is 950 g/mol. The molecule has 11 rings (SSSR count). The third kappa shape index (κ3) is 7.14. The van der Waals surface area contributed by atoms with E-state index in [9.17, 15) is 0 Å². The van der Waals surface area contributed by atoms with E-state index in [4.69, 9.17) is 9.72 Å². The summed E-state index contributed by atoms with van der Waals surface area (Å²) in [5.74, 6) is 2.61. The molecule has 0 saturated heterocycles. The number of hydrogen-bond donors (Lipinski definition) is 0. The summed E-state index contributed by atoms with van der Waals surface area (Å²) in [4.78, 5) is 10.4.